The average molecular weight is 152 g/mol. The fourth-order valence-electron chi connectivity index (χ4n) is 0.566. The highest BCUT2D eigenvalue weighted by Gasteiger charge is 1.97. The summed E-state index contributed by atoms with van der Waals surface area (Å²) in [7, 11) is 0. The second-order valence-electron chi connectivity index (χ2n) is 1.76. The Morgan fingerprint density at radius 3 is 2.90 bits per heavy atom. The van der Waals surface area contributed by atoms with Gasteiger partial charge < -0.3 is 5.73 Å². The molecule has 0 saturated heterocycles. The molecule has 0 unspecified atom stereocenters. The van der Waals surface area contributed by atoms with Crippen LogP contribution in [0.25, 0.3) is 0 Å². The summed E-state index contributed by atoms with van der Waals surface area (Å²) in [5.41, 5.74) is 6.18. The Morgan fingerprint density at radius 2 is 2.40 bits per heavy atom. The van der Waals surface area contributed by atoms with Crippen LogP contribution in [0.5, 0.6) is 0 Å². The van der Waals surface area contributed by atoms with Gasteiger partial charge in [0.15, 0.2) is 0 Å². The van der Waals surface area contributed by atoms with E-state index in [1.54, 1.807) is 0 Å². The maximum Gasteiger partial charge on any atom is 0.101 e. The number of halogens is 1. The first-order chi connectivity index (χ1) is 4.74. The SMILES string of the molecule is N#Cc1c[c]c(N)cc1Cl. The van der Waals surface area contributed by atoms with E-state index in [4.69, 9.17) is 22.6 Å². The first-order valence-corrected chi connectivity index (χ1v) is 2.98. The lowest BCUT2D eigenvalue weighted by atomic mass is 10.2. The fraction of sp³-hybridized carbons (Fsp3) is 0. The molecule has 0 heterocycles. The summed E-state index contributed by atoms with van der Waals surface area (Å²) in [5.74, 6) is 0. The minimum absolute atomic E-state index is 0.374. The summed E-state index contributed by atoms with van der Waals surface area (Å²) in [5, 5.41) is 8.79. The fourth-order valence-corrected chi connectivity index (χ4v) is 0.780. The van der Waals surface area contributed by atoms with Gasteiger partial charge >= 0.3 is 0 Å². The second-order valence-corrected chi connectivity index (χ2v) is 2.17. The van der Waals surface area contributed by atoms with Crippen molar-refractivity contribution in [2.75, 3.05) is 5.73 Å². The molecule has 0 amide bonds. The van der Waals surface area contributed by atoms with Gasteiger partial charge in [0.05, 0.1) is 10.6 Å². The van der Waals surface area contributed by atoms with Gasteiger partial charge in [-0.2, -0.15) is 5.26 Å². The Hall–Kier alpha value is -1.20. The van der Waals surface area contributed by atoms with E-state index in [1.807, 2.05) is 6.07 Å². The molecule has 1 radical (unpaired) electrons. The topological polar surface area (TPSA) is 49.8 Å². The van der Waals surface area contributed by atoms with Gasteiger partial charge in [0, 0.05) is 11.8 Å². The van der Waals surface area contributed by atoms with Crippen molar-refractivity contribution in [3.05, 3.63) is 28.8 Å². The summed E-state index contributed by atoms with van der Waals surface area (Å²) in [4.78, 5) is 0. The number of benzene rings is 1. The Kier molecular flexibility index (Phi) is 1.79. The van der Waals surface area contributed by atoms with E-state index in [-0.39, 0.29) is 0 Å². The van der Waals surface area contributed by atoms with Crippen LogP contribution in [-0.2, 0) is 0 Å². The molecular weight excluding hydrogens is 148 g/mol. The van der Waals surface area contributed by atoms with Crippen LogP contribution >= 0.6 is 11.6 Å². The maximum absolute atomic E-state index is 8.41. The Balaban J connectivity index is 3.23. The van der Waals surface area contributed by atoms with Crippen LogP contribution in [-0.4, -0.2) is 0 Å². The van der Waals surface area contributed by atoms with Crippen LogP contribution in [0.3, 0.4) is 0 Å². The van der Waals surface area contributed by atoms with Crippen molar-refractivity contribution in [2.24, 2.45) is 0 Å². The van der Waals surface area contributed by atoms with Crippen molar-refractivity contribution in [2.45, 2.75) is 0 Å². The molecule has 0 spiro atoms. The highest BCUT2D eigenvalue weighted by molar-refractivity contribution is 6.31. The van der Waals surface area contributed by atoms with Crippen molar-refractivity contribution in [1.82, 2.24) is 0 Å². The molecule has 10 heavy (non-hydrogen) atoms. The third-order valence-electron chi connectivity index (χ3n) is 1.04. The predicted molar refractivity (Wildman–Crippen MR) is 39.4 cm³/mol. The van der Waals surface area contributed by atoms with Gasteiger partial charge in [-0.05, 0) is 12.1 Å². The summed E-state index contributed by atoms with van der Waals surface area (Å²) in [6.45, 7) is 0. The second kappa shape index (κ2) is 2.59. The van der Waals surface area contributed by atoms with Crippen molar-refractivity contribution in [3.8, 4) is 6.07 Å². The largest absolute Gasteiger partial charge is 0.398 e. The van der Waals surface area contributed by atoms with Gasteiger partial charge in [-0.25, -0.2) is 0 Å². The van der Waals surface area contributed by atoms with E-state index in [9.17, 15) is 0 Å². The lowest BCUT2D eigenvalue weighted by molar-refractivity contribution is 1.48. The van der Waals surface area contributed by atoms with Crippen molar-refractivity contribution >= 4 is 17.3 Å². The van der Waals surface area contributed by atoms with Gasteiger partial charge in [0.25, 0.3) is 0 Å². The van der Waals surface area contributed by atoms with Gasteiger partial charge in [-0.1, -0.05) is 11.6 Å². The number of anilines is 1. The third-order valence-corrected chi connectivity index (χ3v) is 1.36. The predicted octanol–water partition coefficient (Wildman–Crippen LogP) is 1.59. The van der Waals surface area contributed by atoms with Crippen LogP contribution < -0.4 is 5.73 Å². The van der Waals surface area contributed by atoms with E-state index in [0.717, 1.165) is 0 Å². The number of hydrogen-bond acceptors (Lipinski definition) is 2. The first kappa shape index (κ1) is 6.91. The normalized spacial score (nSPS) is 8.80. The third kappa shape index (κ3) is 1.20. The number of nitrogens with zero attached hydrogens (tertiary/aromatic N) is 1. The quantitative estimate of drug-likeness (QED) is 0.573. The van der Waals surface area contributed by atoms with Crippen LogP contribution in [0.15, 0.2) is 12.1 Å². The van der Waals surface area contributed by atoms with E-state index in [1.165, 1.54) is 12.1 Å². The monoisotopic (exact) mass is 151 g/mol. The highest BCUT2D eigenvalue weighted by Crippen LogP contribution is 2.16. The number of hydrogen-bond donors (Lipinski definition) is 1. The van der Waals surface area contributed by atoms with Gasteiger partial charge in [-0.3, -0.25) is 0 Å². The van der Waals surface area contributed by atoms with Crippen molar-refractivity contribution in [3.63, 3.8) is 0 Å². The molecule has 2 nitrogen and oxygen atoms in total. The average Bonchev–Trinajstić information content (AvgIpc) is 1.88. The number of nitrogens with two attached hydrogens (primary N) is 1. The number of nitriles is 1. The Labute approximate surface area is 63.8 Å². The molecule has 49 valence electrons. The molecule has 3 heteroatoms. The minimum Gasteiger partial charge on any atom is -0.398 e. The zero-order valence-corrected chi connectivity index (χ0v) is 5.81. The molecule has 1 aromatic carbocycles. The molecular formula is C7H4ClN2. The number of nitrogen functional groups attached to an aromatic ring is 1. The molecule has 0 aromatic heterocycles. The molecule has 2 N–H and O–H groups in total. The summed E-state index contributed by atoms with van der Waals surface area (Å²) < 4.78 is 0. The molecule has 0 fully saturated rings. The van der Waals surface area contributed by atoms with Gasteiger partial charge in [0.1, 0.15) is 6.07 Å². The Morgan fingerprint density at radius 1 is 1.70 bits per heavy atom. The zero-order chi connectivity index (χ0) is 7.56. The molecule has 0 bridgehead atoms. The zero-order valence-electron chi connectivity index (χ0n) is 5.06. The minimum atomic E-state index is 0.374. The maximum atomic E-state index is 8.41. The van der Waals surface area contributed by atoms with Crippen LogP contribution in [0, 0.1) is 17.4 Å². The smallest absolute Gasteiger partial charge is 0.101 e. The molecule has 0 aliphatic rings. The lowest BCUT2D eigenvalue weighted by Crippen LogP contribution is -1.85. The molecule has 1 aromatic rings. The van der Waals surface area contributed by atoms with E-state index >= 15 is 0 Å². The Bertz CT molecular complexity index is 288. The van der Waals surface area contributed by atoms with Crippen LogP contribution in [0.4, 0.5) is 5.69 Å². The molecule has 0 aliphatic heterocycles. The number of rotatable bonds is 0. The highest BCUT2D eigenvalue weighted by atomic mass is 35.5. The molecule has 0 saturated carbocycles. The molecule has 0 aliphatic carbocycles. The molecule has 1 rings (SSSR count). The van der Waals surface area contributed by atoms with Gasteiger partial charge in [0.2, 0.25) is 0 Å². The van der Waals surface area contributed by atoms with E-state index < -0.39 is 0 Å². The van der Waals surface area contributed by atoms with E-state index in [2.05, 4.69) is 6.07 Å². The van der Waals surface area contributed by atoms with Crippen molar-refractivity contribution < 1.29 is 0 Å². The standard InChI is InChI=1S/C7H4ClN2/c8-7-3-6(10)2-1-5(7)4-9/h1,3H,10H2. The molecule has 0 atom stereocenters. The lowest BCUT2D eigenvalue weighted by Gasteiger charge is -1.93. The summed E-state index contributed by atoms with van der Waals surface area (Å²) >= 11 is 5.61. The van der Waals surface area contributed by atoms with Crippen LogP contribution in [0.1, 0.15) is 5.56 Å². The summed E-state index contributed by atoms with van der Waals surface area (Å²) in [6.07, 6.45) is 0. The van der Waals surface area contributed by atoms with E-state index in [0.29, 0.717) is 16.3 Å². The first-order valence-electron chi connectivity index (χ1n) is 2.61. The van der Waals surface area contributed by atoms with Crippen molar-refractivity contribution in [1.29, 1.82) is 5.26 Å². The van der Waals surface area contributed by atoms with Crippen LogP contribution in [0.2, 0.25) is 5.02 Å². The van der Waals surface area contributed by atoms with Gasteiger partial charge in [-0.15, -0.1) is 0 Å². The summed E-state index contributed by atoms with van der Waals surface area (Å²) in [6, 6.07) is 7.54.